The summed E-state index contributed by atoms with van der Waals surface area (Å²) >= 11 is 0. The molecule has 2 heterocycles. The number of carbonyl (C=O) groups excluding carboxylic acids is 1. The van der Waals surface area contributed by atoms with Crippen molar-refractivity contribution in [1.29, 1.82) is 0 Å². The van der Waals surface area contributed by atoms with Gasteiger partial charge in [0.25, 0.3) is 5.91 Å². The van der Waals surface area contributed by atoms with Gasteiger partial charge in [0.15, 0.2) is 0 Å². The fraction of sp³-hybridized carbons (Fsp3) is 0.267. The molecule has 24 heavy (non-hydrogen) atoms. The van der Waals surface area contributed by atoms with E-state index in [2.05, 4.69) is 9.97 Å². The second kappa shape index (κ2) is 6.17. The first-order valence-electron chi connectivity index (χ1n) is 7.20. The van der Waals surface area contributed by atoms with Crippen LogP contribution in [0.4, 0.5) is 0 Å². The van der Waals surface area contributed by atoms with Crippen molar-refractivity contribution in [2.75, 3.05) is 13.7 Å². The first-order valence-corrected chi connectivity index (χ1v) is 8.64. The molecule has 0 saturated heterocycles. The normalized spacial score (nSPS) is 14.9. The lowest BCUT2D eigenvalue weighted by molar-refractivity contribution is 0.0990. The van der Waals surface area contributed by atoms with Gasteiger partial charge in [-0.2, -0.15) is 4.31 Å². The molecule has 9 heteroatoms. The Hall–Kier alpha value is -2.52. The van der Waals surface area contributed by atoms with Crippen LogP contribution in [0.5, 0.6) is 5.75 Å². The molecular formula is C15H16N4O4S. The third-order valence-corrected chi connectivity index (χ3v) is 5.65. The second-order valence-electron chi connectivity index (χ2n) is 5.30. The van der Waals surface area contributed by atoms with E-state index >= 15 is 0 Å². The summed E-state index contributed by atoms with van der Waals surface area (Å²) < 4.78 is 32.0. The smallest absolute Gasteiger partial charge is 0.286 e. The molecule has 0 atom stereocenters. The molecule has 1 aliphatic heterocycles. The Morgan fingerprint density at radius 2 is 2.17 bits per heavy atom. The topological polar surface area (TPSA) is 115 Å². The number of fused-ring (bicyclic) bond motifs is 1. The lowest BCUT2D eigenvalue weighted by atomic mass is 10.1. The van der Waals surface area contributed by atoms with E-state index in [-0.39, 0.29) is 17.3 Å². The van der Waals surface area contributed by atoms with Gasteiger partial charge in [-0.15, -0.1) is 0 Å². The largest absolute Gasteiger partial charge is 0.497 e. The number of primary amides is 1. The highest BCUT2D eigenvalue weighted by molar-refractivity contribution is 7.89. The van der Waals surface area contributed by atoms with Crippen molar-refractivity contribution in [2.45, 2.75) is 17.9 Å². The van der Waals surface area contributed by atoms with Crippen molar-refractivity contribution in [3.05, 3.63) is 47.5 Å². The molecule has 2 aromatic rings. The number of ether oxygens (including phenoxy) is 1. The highest BCUT2D eigenvalue weighted by Gasteiger charge is 2.30. The Morgan fingerprint density at radius 1 is 1.38 bits per heavy atom. The summed E-state index contributed by atoms with van der Waals surface area (Å²) in [7, 11) is -2.22. The van der Waals surface area contributed by atoms with Gasteiger partial charge in [-0.05, 0) is 24.1 Å². The van der Waals surface area contributed by atoms with Crippen molar-refractivity contribution >= 4 is 15.9 Å². The van der Waals surface area contributed by atoms with Crippen LogP contribution >= 0.6 is 0 Å². The average molecular weight is 348 g/mol. The van der Waals surface area contributed by atoms with Crippen LogP contribution in [-0.4, -0.2) is 42.3 Å². The Balaban J connectivity index is 1.93. The molecule has 3 rings (SSSR count). The Morgan fingerprint density at radius 3 is 2.88 bits per heavy atom. The first kappa shape index (κ1) is 16.3. The van der Waals surface area contributed by atoms with Gasteiger partial charge >= 0.3 is 0 Å². The molecule has 1 aromatic heterocycles. The van der Waals surface area contributed by atoms with Crippen molar-refractivity contribution in [3.63, 3.8) is 0 Å². The predicted octanol–water partition coefficient (Wildman–Crippen LogP) is 0.331. The molecule has 0 spiro atoms. The summed E-state index contributed by atoms with van der Waals surface area (Å²) in [6, 6.07) is 6.29. The van der Waals surface area contributed by atoms with Crippen molar-refractivity contribution < 1.29 is 17.9 Å². The molecule has 8 nitrogen and oxygen atoms in total. The zero-order valence-corrected chi connectivity index (χ0v) is 13.8. The molecule has 0 bridgehead atoms. The minimum absolute atomic E-state index is 0.0671. The summed E-state index contributed by atoms with van der Waals surface area (Å²) in [4.78, 5) is 19.3. The summed E-state index contributed by atoms with van der Waals surface area (Å²) in [5, 5.41) is 0. The molecule has 0 unspecified atom stereocenters. The van der Waals surface area contributed by atoms with Crippen LogP contribution in [-0.2, 0) is 23.0 Å². The van der Waals surface area contributed by atoms with Crippen molar-refractivity contribution in [3.8, 4) is 5.75 Å². The number of benzene rings is 1. The zero-order valence-electron chi connectivity index (χ0n) is 13.0. The summed E-state index contributed by atoms with van der Waals surface area (Å²) in [5.74, 6) is -0.397. The number of nitrogens with two attached hydrogens (primary N) is 1. The number of nitrogens with zero attached hydrogens (tertiary/aromatic N) is 3. The molecule has 126 valence electrons. The Labute approximate surface area is 139 Å². The van der Waals surface area contributed by atoms with Gasteiger partial charge < -0.3 is 10.5 Å². The number of hydrogen-bond acceptors (Lipinski definition) is 6. The Bertz CT molecular complexity index is 898. The van der Waals surface area contributed by atoms with E-state index in [1.165, 1.54) is 29.7 Å². The number of carbonyl (C=O) groups is 1. The maximum Gasteiger partial charge on any atom is 0.286 e. The van der Waals surface area contributed by atoms with Gasteiger partial charge in [0.2, 0.25) is 15.8 Å². The molecule has 0 saturated carbocycles. The zero-order chi connectivity index (χ0) is 17.3. The van der Waals surface area contributed by atoms with Gasteiger partial charge in [-0.25, -0.2) is 18.4 Å². The molecule has 0 radical (unpaired) electrons. The molecule has 1 amide bonds. The van der Waals surface area contributed by atoms with Crippen LogP contribution in [0.1, 0.15) is 21.9 Å². The lowest BCUT2D eigenvalue weighted by Gasteiger charge is -2.27. The molecule has 1 aliphatic rings. The maximum absolute atomic E-state index is 12.8. The third-order valence-electron chi connectivity index (χ3n) is 3.81. The quantitative estimate of drug-likeness (QED) is 0.851. The summed E-state index contributed by atoms with van der Waals surface area (Å²) in [5.41, 5.74) is 6.49. The Kier molecular flexibility index (Phi) is 4.20. The van der Waals surface area contributed by atoms with E-state index in [0.29, 0.717) is 24.4 Å². The summed E-state index contributed by atoms with van der Waals surface area (Å²) in [6.45, 7) is 0.378. The number of aromatic nitrogens is 2. The van der Waals surface area contributed by atoms with Gasteiger partial charge in [0, 0.05) is 18.8 Å². The SMILES string of the molecule is COc1cccc(S(=O)(=O)N2CCc3cnc(C(N)=O)nc3C2)c1. The first-order chi connectivity index (χ1) is 11.4. The lowest BCUT2D eigenvalue weighted by Crippen LogP contribution is -2.37. The second-order valence-corrected chi connectivity index (χ2v) is 7.24. The molecular weight excluding hydrogens is 332 g/mol. The van der Waals surface area contributed by atoms with Gasteiger partial charge in [-0.1, -0.05) is 6.07 Å². The monoisotopic (exact) mass is 348 g/mol. The van der Waals surface area contributed by atoms with Gasteiger partial charge in [0.05, 0.1) is 24.2 Å². The molecule has 0 fully saturated rings. The summed E-state index contributed by atoms with van der Waals surface area (Å²) in [6.07, 6.45) is 2.00. The number of methoxy groups -OCH3 is 1. The van der Waals surface area contributed by atoms with E-state index in [4.69, 9.17) is 10.5 Å². The third kappa shape index (κ3) is 2.95. The van der Waals surface area contributed by atoms with Crippen LogP contribution in [0.3, 0.4) is 0 Å². The minimum atomic E-state index is -3.69. The van der Waals surface area contributed by atoms with E-state index in [9.17, 15) is 13.2 Å². The van der Waals surface area contributed by atoms with E-state index < -0.39 is 15.9 Å². The number of rotatable bonds is 4. The van der Waals surface area contributed by atoms with Crippen LogP contribution in [0.25, 0.3) is 0 Å². The molecule has 0 aliphatic carbocycles. The highest BCUT2D eigenvalue weighted by atomic mass is 32.2. The fourth-order valence-electron chi connectivity index (χ4n) is 2.51. The van der Waals surface area contributed by atoms with Crippen molar-refractivity contribution in [2.24, 2.45) is 5.73 Å². The minimum Gasteiger partial charge on any atom is -0.497 e. The standard InChI is InChI=1S/C15H16N4O4S/c1-23-11-3-2-4-12(7-11)24(21,22)19-6-5-10-8-17-15(14(16)20)18-13(10)9-19/h2-4,7-8H,5-6,9H2,1H3,(H2,16,20). The van der Waals surface area contributed by atoms with E-state index in [1.54, 1.807) is 12.1 Å². The number of sulfonamides is 1. The number of amides is 1. The number of hydrogen-bond donors (Lipinski definition) is 1. The van der Waals surface area contributed by atoms with Crippen molar-refractivity contribution in [1.82, 2.24) is 14.3 Å². The molecule has 2 N–H and O–H groups in total. The average Bonchev–Trinajstić information content (AvgIpc) is 2.60. The predicted molar refractivity (Wildman–Crippen MR) is 84.8 cm³/mol. The van der Waals surface area contributed by atoms with E-state index in [0.717, 1.165) is 5.56 Å². The highest BCUT2D eigenvalue weighted by Crippen LogP contribution is 2.25. The van der Waals surface area contributed by atoms with Crippen LogP contribution in [0.2, 0.25) is 0 Å². The van der Waals surface area contributed by atoms with Gasteiger partial charge in [-0.3, -0.25) is 4.79 Å². The van der Waals surface area contributed by atoms with Crippen LogP contribution in [0, 0.1) is 0 Å². The van der Waals surface area contributed by atoms with Gasteiger partial charge in [0.1, 0.15) is 5.75 Å². The van der Waals surface area contributed by atoms with Crippen LogP contribution in [0.15, 0.2) is 35.4 Å². The van der Waals surface area contributed by atoms with E-state index in [1.807, 2.05) is 0 Å². The van der Waals surface area contributed by atoms with Crippen LogP contribution < -0.4 is 10.5 Å². The fourth-order valence-corrected chi connectivity index (χ4v) is 3.95. The molecule has 1 aromatic carbocycles. The maximum atomic E-state index is 12.8.